The predicted molar refractivity (Wildman–Crippen MR) is 126 cm³/mol. The Labute approximate surface area is 189 Å². The van der Waals surface area contributed by atoms with Gasteiger partial charge in [0.2, 0.25) is 0 Å². The fraction of sp³-hybridized carbons (Fsp3) is 0.0769. The van der Waals surface area contributed by atoms with Gasteiger partial charge in [-0.3, -0.25) is 9.48 Å². The van der Waals surface area contributed by atoms with E-state index in [1.165, 1.54) is 6.08 Å². The standard InChI is InChI=1S/C26H20N4O3/c1-2-29-16-20(15-27-29)23(31)13-12-19-17-30(21-9-4-3-5-10-21)28-25(19)22-14-18-8-6-7-11-24(18)33-26(22)32/h3-17H,2H2,1H3. The van der Waals surface area contributed by atoms with E-state index in [-0.39, 0.29) is 5.78 Å². The number of rotatable bonds is 6. The molecule has 0 aliphatic carbocycles. The van der Waals surface area contributed by atoms with Gasteiger partial charge in [0.15, 0.2) is 5.78 Å². The van der Waals surface area contributed by atoms with Crippen LogP contribution >= 0.6 is 0 Å². The van der Waals surface area contributed by atoms with E-state index in [4.69, 9.17) is 4.42 Å². The Hall–Kier alpha value is -4.52. The molecule has 0 saturated heterocycles. The number of carbonyl (C=O) groups is 1. The molecule has 0 N–H and O–H groups in total. The van der Waals surface area contributed by atoms with Crippen LogP contribution < -0.4 is 5.63 Å². The van der Waals surface area contributed by atoms with Crippen LogP contribution in [-0.4, -0.2) is 25.3 Å². The number of aromatic nitrogens is 4. The number of hydrogen-bond donors (Lipinski definition) is 0. The molecule has 7 heteroatoms. The highest BCUT2D eigenvalue weighted by molar-refractivity contribution is 6.06. The highest BCUT2D eigenvalue weighted by Crippen LogP contribution is 2.25. The summed E-state index contributed by atoms with van der Waals surface area (Å²) in [6, 6.07) is 18.6. The molecule has 0 bridgehead atoms. The molecule has 0 fully saturated rings. The Bertz CT molecular complexity index is 1540. The lowest BCUT2D eigenvalue weighted by Crippen LogP contribution is -2.04. The lowest BCUT2D eigenvalue weighted by molar-refractivity contribution is 0.104. The topological polar surface area (TPSA) is 82.9 Å². The predicted octanol–water partition coefficient (Wildman–Crippen LogP) is 4.76. The van der Waals surface area contributed by atoms with Crippen LogP contribution in [0.1, 0.15) is 22.8 Å². The molecule has 162 valence electrons. The Morgan fingerprint density at radius 1 is 1.06 bits per heavy atom. The van der Waals surface area contributed by atoms with Gasteiger partial charge in [-0.15, -0.1) is 0 Å². The molecule has 0 unspecified atom stereocenters. The lowest BCUT2D eigenvalue weighted by Gasteiger charge is -2.01. The third kappa shape index (κ3) is 4.04. The molecule has 0 saturated carbocycles. The molecule has 7 nitrogen and oxygen atoms in total. The molecular weight excluding hydrogens is 416 g/mol. The Morgan fingerprint density at radius 2 is 1.85 bits per heavy atom. The molecule has 0 spiro atoms. The van der Waals surface area contributed by atoms with E-state index < -0.39 is 5.63 Å². The molecular formula is C26H20N4O3. The first-order chi connectivity index (χ1) is 16.1. The van der Waals surface area contributed by atoms with Crippen molar-refractivity contribution >= 4 is 22.8 Å². The van der Waals surface area contributed by atoms with E-state index in [2.05, 4.69) is 10.2 Å². The minimum Gasteiger partial charge on any atom is -0.422 e. The summed E-state index contributed by atoms with van der Waals surface area (Å²) in [5.74, 6) is -0.182. The highest BCUT2D eigenvalue weighted by Gasteiger charge is 2.16. The molecule has 0 aliphatic heterocycles. The molecule has 2 aromatic carbocycles. The third-order valence-electron chi connectivity index (χ3n) is 5.32. The maximum absolute atomic E-state index is 12.8. The largest absolute Gasteiger partial charge is 0.422 e. The number of hydrogen-bond acceptors (Lipinski definition) is 5. The zero-order valence-corrected chi connectivity index (χ0v) is 17.9. The van der Waals surface area contributed by atoms with Gasteiger partial charge >= 0.3 is 5.63 Å². The number of para-hydroxylation sites is 2. The van der Waals surface area contributed by atoms with E-state index in [9.17, 15) is 9.59 Å². The van der Waals surface area contributed by atoms with Crippen LogP contribution in [0.15, 0.2) is 94.5 Å². The summed E-state index contributed by atoms with van der Waals surface area (Å²) >= 11 is 0. The van der Waals surface area contributed by atoms with Crippen molar-refractivity contribution in [2.24, 2.45) is 0 Å². The number of nitrogens with zero attached hydrogens (tertiary/aromatic N) is 4. The van der Waals surface area contributed by atoms with Crippen LogP contribution in [0.4, 0.5) is 0 Å². The number of fused-ring (bicyclic) bond motifs is 1. The summed E-state index contributed by atoms with van der Waals surface area (Å²) in [6.45, 7) is 2.64. The molecule has 0 atom stereocenters. The minimum absolute atomic E-state index is 0.182. The number of allylic oxidation sites excluding steroid dienone is 1. The SMILES string of the molecule is CCn1cc(C(=O)C=Cc2cn(-c3ccccc3)nc2-c2cc3ccccc3oc2=O)cn1. The number of ketones is 1. The summed E-state index contributed by atoms with van der Waals surface area (Å²) in [5.41, 5.74) is 2.74. The van der Waals surface area contributed by atoms with Crippen LogP contribution in [0.2, 0.25) is 0 Å². The second-order valence-corrected chi connectivity index (χ2v) is 7.48. The monoisotopic (exact) mass is 436 g/mol. The highest BCUT2D eigenvalue weighted by atomic mass is 16.4. The summed E-state index contributed by atoms with van der Waals surface area (Å²) < 4.78 is 8.90. The second kappa shape index (κ2) is 8.55. The minimum atomic E-state index is -0.489. The maximum Gasteiger partial charge on any atom is 0.345 e. The van der Waals surface area contributed by atoms with Gasteiger partial charge in [0.1, 0.15) is 11.3 Å². The average molecular weight is 436 g/mol. The van der Waals surface area contributed by atoms with Crippen LogP contribution in [0.5, 0.6) is 0 Å². The average Bonchev–Trinajstić information content (AvgIpc) is 3.50. The van der Waals surface area contributed by atoms with Crippen molar-refractivity contribution in [3.05, 3.63) is 107 Å². The zero-order chi connectivity index (χ0) is 22.8. The fourth-order valence-electron chi connectivity index (χ4n) is 3.58. The molecule has 0 amide bonds. The van der Waals surface area contributed by atoms with Crippen LogP contribution in [0, 0.1) is 0 Å². The van der Waals surface area contributed by atoms with Gasteiger partial charge in [0.05, 0.1) is 23.0 Å². The lowest BCUT2D eigenvalue weighted by atomic mass is 10.1. The summed E-state index contributed by atoms with van der Waals surface area (Å²) in [5, 5.41) is 9.61. The normalized spacial score (nSPS) is 11.4. The molecule has 0 aliphatic rings. The number of carbonyl (C=O) groups excluding carboxylic acids is 1. The van der Waals surface area contributed by atoms with Crippen LogP contribution in [0.3, 0.4) is 0 Å². The Kier molecular flexibility index (Phi) is 5.28. The van der Waals surface area contributed by atoms with E-state index in [0.29, 0.717) is 34.5 Å². The van der Waals surface area contributed by atoms with Crippen molar-refractivity contribution in [1.29, 1.82) is 0 Å². The van der Waals surface area contributed by atoms with Gasteiger partial charge in [-0.05, 0) is 43.3 Å². The van der Waals surface area contributed by atoms with Crippen LogP contribution in [0.25, 0.3) is 34.0 Å². The summed E-state index contributed by atoms with van der Waals surface area (Å²) in [7, 11) is 0. The smallest absolute Gasteiger partial charge is 0.345 e. The van der Waals surface area contributed by atoms with Gasteiger partial charge < -0.3 is 4.42 Å². The van der Waals surface area contributed by atoms with Crippen molar-refractivity contribution in [2.45, 2.75) is 13.5 Å². The van der Waals surface area contributed by atoms with Gasteiger partial charge in [-0.1, -0.05) is 36.4 Å². The van der Waals surface area contributed by atoms with E-state index in [1.807, 2.05) is 55.5 Å². The first-order valence-electron chi connectivity index (χ1n) is 10.6. The third-order valence-corrected chi connectivity index (χ3v) is 5.32. The van der Waals surface area contributed by atoms with Gasteiger partial charge in [-0.25, -0.2) is 9.48 Å². The van der Waals surface area contributed by atoms with Crippen molar-refractivity contribution in [2.75, 3.05) is 0 Å². The molecule has 3 aromatic heterocycles. The maximum atomic E-state index is 12.8. The number of aryl methyl sites for hydroxylation is 1. The molecule has 3 heterocycles. The van der Waals surface area contributed by atoms with Gasteiger partial charge in [-0.2, -0.15) is 10.2 Å². The Balaban J connectivity index is 1.61. The first-order valence-corrected chi connectivity index (χ1v) is 10.6. The molecule has 0 radical (unpaired) electrons. The summed E-state index contributed by atoms with van der Waals surface area (Å²) in [6.07, 6.45) is 8.18. The first kappa shape index (κ1) is 20.4. The zero-order valence-electron chi connectivity index (χ0n) is 17.9. The van der Waals surface area contributed by atoms with E-state index in [1.54, 1.807) is 46.2 Å². The van der Waals surface area contributed by atoms with Crippen molar-refractivity contribution < 1.29 is 9.21 Å². The van der Waals surface area contributed by atoms with Crippen molar-refractivity contribution in [3.63, 3.8) is 0 Å². The van der Waals surface area contributed by atoms with Crippen molar-refractivity contribution in [3.8, 4) is 16.9 Å². The van der Waals surface area contributed by atoms with Gasteiger partial charge in [0, 0.05) is 29.9 Å². The van der Waals surface area contributed by atoms with Gasteiger partial charge in [0.25, 0.3) is 0 Å². The van der Waals surface area contributed by atoms with Crippen LogP contribution in [-0.2, 0) is 6.54 Å². The molecule has 5 aromatic rings. The van der Waals surface area contributed by atoms with Crippen molar-refractivity contribution in [1.82, 2.24) is 19.6 Å². The number of benzene rings is 2. The Morgan fingerprint density at radius 3 is 2.64 bits per heavy atom. The fourth-order valence-corrected chi connectivity index (χ4v) is 3.58. The van der Waals surface area contributed by atoms with E-state index in [0.717, 1.165) is 11.1 Å². The molecule has 5 rings (SSSR count). The second-order valence-electron chi connectivity index (χ2n) is 7.48. The summed E-state index contributed by atoms with van der Waals surface area (Å²) in [4.78, 5) is 25.5. The quantitative estimate of drug-likeness (QED) is 0.218. The van der Waals surface area contributed by atoms with E-state index >= 15 is 0 Å². The molecule has 33 heavy (non-hydrogen) atoms.